The van der Waals surface area contributed by atoms with Crippen LogP contribution in [0.3, 0.4) is 0 Å². The number of fused-ring (bicyclic) bond motifs is 1. The van der Waals surface area contributed by atoms with E-state index in [2.05, 4.69) is 42.1 Å². The summed E-state index contributed by atoms with van der Waals surface area (Å²) < 4.78 is 5.51. The molecule has 26 heavy (non-hydrogen) atoms. The largest absolute Gasteiger partial charge is 0.494 e. The lowest BCUT2D eigenvalue weighted by atomic mass is 9.90. The molecule has 0 saturated heterocycles. The fourth-order valence-electron chi connectivity index (χ4n) is 5.30. The number of benzene rings is 1. The molecule has 3 atom stereocenters. The topological polar surface area (TPSA) is 21.6 Å². The second kappa shape index (κ2) is 7.82. The third-order valence-electron chi connectivity index (χ3n) is 6.71. The molecule has 0 heterocycles. The van der Waals surface area contributed by atoms with Crippen molar-refractivity contribution in [3.8, 4) is 5.75 Å². The van der Waals surface area contributed by atoms with Crippen LogP contribution in [0.5, 0.6) is 5.75 Å². The molecule has 2 nitrogen and oxygen atoms in total. The van der Waals surface area contributed by atoms with Gasteiger partial charge in [-0.05, 0) is 87.6 Å². The minimum absolute atomic E-state index is 0.659. The number of hydrogen-bond donors (Lipinski definition) is 0. The maximum absolute atomic E-state index is 5.51. The fraction of sp³-hybridized carbons (Fsp3) is 0.542. The van der Waals surface area contributed by atoms with Gasteiger partial charge in [-0.1, -0.05) is 35.8 Å². The second-order valence-corrected chi connectivity index (χ2v) is 8.11. The number of nitrogens with zero attached hydrogens (tertiary/aromatic N) is 1. The van der Waals surface area contributed by atoms with Crippen molar-refractivity contribution in [3.63, 3.8) is 0 Å². The van der Waals surface area contributed by atoms with Crippen LogP contribution in [-0.2, 0) is 0 Å². The van der Waals surface area contributed by atoms with E-state index in [1.165, 1.54) is 63.4 Å². The molecular weight excluding hydrogens is 318 g/mol. The van der Waals surface area contributed by atoms with E-state index in [0.29, 0.717) is 5.92 Å². The number of methoxy groups -OCH3 is 1. The third-order valence-corrected chi connectivity index (χ3v) is 6.71. The maximum atomic E-state index is 5.51. The van der Waals surface area contributed by atoms with Crippen LogP contribution in [0.25, 0.3) is 0 Å². The Bertz CT molecular complexity index is 730. The average Bonchev–Trinajstić information content (AvgIpc) is 3.37. The molecule has 3 aliphatic carbocycles. The van der Waals surface area contributed by atoms with E-state index in [-0.39, 0.29) is 0 Å². The van der Waals surface area contributed by atoms with Crippen LogP contribution in [-0.4, -0.2) is 13.8 Å². The number of rotatable bonds is 4. The van der Waals surface area contributed by atoms with Gasteiger partial charge in [0.25, 0.3) is 0 Å². The summed E-state index contributed by atoms with van der Waals surface area (Å²) in [6, 6.07) is 6.48. The van der Waals surface area contributed by atoms with Crippen molar-refractivity contribution in [2.45, 2.75) is 63.7 Å². The summed E-state index contributed by atoms with van der Waals surface area (Å²) in [5.41, 5.74) is 5.97. The van der Waals surface area contributed by atoms with Crippen molar-refractivity contribution in [1.82, 2.24) is 0 Å². The summed E-state index contributed by atoms with van der Waals surface area (Å²) in [5, 5.41) is 0. The Morgan fingerprint density at radius 3 is 2.65 bits per heavy atom. The Labute approximate surface area is 158 Å². The molecule has 0 radical (unpaired) electrons. The molecule has 1 aromatic rings. The number of ether oxygens (including phenoxy) is 1. The molecule has 0 aromatic heterocycles. The first-order valence-electron chi connectivity index (χ1n) is 10.3. The zero-order valence-electron chi connectivity index (χ0n) is 16.0. The zero-order valence-corrected chi connectivity index (χ0v) is 16.0. The summed E-state index contributed by atoms with van der Waals surface area (Å²) >= 11 is 0. The Hall–Kier alpha value is -1.83. The van der Waals surface area contributed by atoms with Crippen LogP contribution >= 0.6 is 0 Å². The SMILES string of the molecule is C=Nc1ccc(C2CCCC(C3=C4CC/C=C/CCC43)CC2)cc1OC. The van der Waals surface area contributed by atoms with Gasteiger partial charge in [0.2, 0.25) is 0 Å². The van der Waals surface area contributed by atoms with Gasteiger partial charge < -0.3 is 4.74 Å². The highest BCUT2D eigenvalue weighted by atomic mass is 16.5. The lowest BCUT2D eigenvalue weighted by molar-refractivity contribution is 0.414. The standard InChI is InChI=1S/C24H31NO/c1-25-22-15-14-19(16-23(22)26-2)17-8-7-9-18(13-12-17)24-20-10-5-3-4-6-11-21(20)24/h3-4,14-18,20H,1,5-13H2,2H3/b4-3+. The van der Waals surface area contributed by atoms with Gasteiger partial charge in [-0.15, -0.1) is 0 Å². The first kappa shape index (κ1) is 17.6. The lowest BCUT2D eigenvalue weighted by Crippen LogP contribution is -2.01. The molecule has 1 saturated carbocycles. The van der Waals surface area contributed by atoms with Crippen LogP contribution in [0, 0.1) is 11.8 Å². The highest BCUT2D eigenvalue weighted by molar-refractivity contribution is 5.57. The zero-order chi connectivity index (χ0) is 17.9. The van der Waals surface area contributed by atoms with Crippen LogP contribution < -0.4 is 4.74 Å². The van der Waals surface area contributed by atoms with Crippen molar-refractivity contribution in [2.75, 3.05) is 7.11 Å². The molecule has 0 spiro atoms. The molecule has 3 unspecified atom stereocenters. The third kappa shape index (κ3) is 3.51. The van der Waals surface area contributed by atoms with Crippen LogP contribution in [0.2, 0.25) is 0 Å². The normalized spacial score (nSPS) is 29.8. The van der Waals surface area contributed by atoms with Crippen LogP contribution in [0.15, 0.2) is 46.5 Å². The molecule has 138 valence electrons. The molecule has 0 bridgehead atoms. The Balaban J connectivity index is 1.43. The predicted molar refractivity (Wildman–Crippen MR) is 110 cm³/mol. The summed E-state index contributed by atoms with van der Waals surface area (Å²) in [6.07, 6.45) is 16.7. The van der Waals surface area contributed by atoms with Crippen molar-refractivity contribution in [1.29, 1.82) is 0 Å². The molecule has 4 rings (SSSR count). The number of hydrogen-bond acceptors (Lipinski definition) is 2. The average molecular weight is 350 g/mol. The van der Waals surface area contributed by atoms with Crippen LogP contribution in [0.4, 0.5) is 5.69 Å². The maximum Gasteiger partial charge on any atom is 0.144 e. The van der Waals surface area contributed by atoms with Crippen molar-refractivity contribution in [2.24, 2.45) is 16.8 Å². The van der Waals surface area contributed by atoms with Crippen molar-refractivity contribution in [3.05, 3.63) is 47.1 Å². The highest BCUT2D eigenvalue weighted by Crippen LogP contribution is 2.54. The molecule has 1 fully saturated rings. The molecule has 0 N–H and O–H groups in total. The van der Waals surface area contributed by atoms with E-state index in [1.54, 1.807) is 7.11 Å². The van der Waals surface area contributed by atoms with Gasteiger partial charge >= 0.3 is 0 Å². The van der Waals surface area contributed by atoms with Crippen molar-refractivity contribution < 1.29 is 4.74 Å². The Morgan fingerprint density at radius 1 is 1.00 bits per heavy atom. The quantitative estimate of drug-likeness (QED) is 0.335. The molecule has 1 aromatic carbocycles. The monoisotopic (exact) mass is 349 g/mol. The van der Waals surface area contributed by atoms with E-state index >= 15 is 0 Å². The van der Waals surface area contributed by atoms with Crippen molar-refractivity contribution >= 4 is 12.4 Å². The van der Waals surface area contributed by atoms with Crippen LogP contribution in [0.1, 0.15) is 69.3 Å². The number of aliphatic imine (C=N–C) groups is 1. The minimum Gasteiger partial charge on any atom is -0.494 e. The van der Waals surface area contributed by atoms with E-state index in [9.17, 15) is 0 Å². The number of allylic oxidation sites excluding steroid dienone is 4. The Kier molecular flexibility index (Phi) is 5.28. The molecule has 0 amide bonds. The van der Waals surface area contributed by atoms with Gasteiger partial charge in [-0.2, -0.15) is 0 Å². The summed E-state index contributed by atoms with van der Waals surface area (Å²) in [6.45, 7) is 3.64. The second-order valence-electron chi connectivity index (χ2n) is 8.11. The summed E-state index contributed by atoms with van der Waals surface area (Å²) in [5.74, 6) is 3.25. The Morgan fingerprint density at radius 2 is 1.81 bits per heavy atom. The van der Waals surface area contributed by atoms with E-state index in [4.69, 9.17) is 4.74 Å². The predicted octanol–water partition coefficient (Wildman–Crippen LogP) is 6.75. The first-order valence-corrected chi connectivity index (χ1v) is 10.3. The smallest absolute Gasteiger partial charge is 0.144 e. The van der Waals surface area contributed by atoms with Gasteiger partial charge in [0.05, 0.1) is 7.11 Å². The van der Waals surface area contributed by atoms with Gasteiger partial charge in [0, 0.05) is 5.92 Å². The lowest BCUT2D eigenvalue weighted by Gasteiger charge is -2.17. The highest BCUT2D eigenvalue weighted by Gasteiger charge is 2.40. The van der Waals surface area contributed by atoms with Gasteiger partial charge in [0.1, 0.15) is 11.4 Å². The first-order chi connectivity index (χ1) is 12.8. The summed E-state index contributed by atoms with van der Waals surface area (Å²) in [7, 11) is 1.72. The fourth-order valence-corrected chi connectivity index (χ4v) is 5.30. The summed E-state index contributed by atoms with van der Waals surface area (Å²) in [4.78, 5) is 4.06. The molecule has 2 heteroatoms. The molecule has 0 aliphatic heterocycles. The minimum atomic E-state index is 0.659. The van der Waals surface area contributed by atoms with E-state index in [1.807, 2.05) is 11.1 Å². The van der Waals surface area contributed by atoms with Gasteiger partial charge in [-0.3, -0.25) is 4.99 Å². The van der Waals surface area contributed by atoms with Gasteiger partial charge in [0.15, 0.2) is 0 Å². The van der Waals surface area contributed by atoms with Gasteiger partial charge in [-0.25, -0.2) is 0 Å². The van der Waals surface area contributed by atoms with E-state index in [0.717, 1.165) is 23.3 Å². The van der Waals surface area contributed by atoms with E-state index < -0.39 is 0 Å². The molecular formula is C24H31NO. The molecule has 3 aliphatic rings.